The molecule has 0 fully saturated rings. The van der Waals surface area contributed by atoms with Crippen LogP contribution >= 0.6 is 0 Å². The minimum absolute atomic E-state index is 0.137. The molecule has 0 aromatic carbocycles. The van der Waals surface area contributed by atoms with Crippen LogP contribution in [0.15, 0.2) is 12.4 Å². The zero-order valence-corrected chi connectivity index (χ0v) is 5.97. The summed E-state index contributed by atoms with van der Waals surface area (Å²) in [7, 11) is 0. The van der Waals surface area contributed by atoms with Gasteiger partial charge in [-0.25, -0.2) is 9.97 Å². The number of hydrogen-bond acceptors (Lipinski definition) is 3. The molecule has 0 aliphatic heterocycles. The van der Waals surface area contributed by atoms with Gasteiger partial charge >= 0.3 is 6.18 Å². The van der Waals surface area contributed by atoms with Gasteiger partial charge in [0, 0.05) is 24.5 Å². The van der Waals surface area contributed by atoms with Gasteiger partial charge in [0.1, 0.15) is 0 Å². The molecular formula is C6H6F3N3. The second-order valence-corrected chi connectivity index (χ2v) is 2.12. The Kier molecular flexibility index (Phi) is 2.27. The molecule has 0 amide bonds. The number of nitrogens with two attached hydrogens (primary N) is 1. The topological polar surface area (TPSA) is 51.8 Å². The van der Waals surface area contributed by atoms with Gasteiger partial charge in [0.15, 0.2) is 0 Å². The molecule has 0 saturated carbocycles. The monoisotopic (exact) mass is 177 g/mol. The van der Waals surface area contributed by atoms with Crippen LogP contribution in [0.5, 0.6) is 0 Å². The summed E-state index contributed by atoms with van der Waals surface area (Å²) >= 11 is 0. The van der Waals surface area contributed by atoms with Crippen molar-refractivity contribution >= 4 is 0 Å². The lowest BCUT2D eigenvalue weighted by molar-refractivity contribution is -0.145. The number of aromatic nitrogens is 2. The fourth-order valence-corrected chi connectivity index (χ4v) is 0.607. The van der Waals surface area contributed by atoms with E-state index in [2.05, 4.69) is 9.97 Å². The van der Waals surface area contributed by atoms with Gasteiger partial charge in [0.05, 0.1) is 0 Å². The van der Waals surface area contributed by atoms with E-state index < -0.39 is 12.0 Å². The Bertz CT molecular complexity index is 254. The summed E-state index contributed by atoms with van der Waals surface area (Å²) in [6.45, 7) is 0.137. The zero-order chi connectivity index (χ0) is 9.19. The summed E-state index contributed by atoms with van der Waals surface area (Å²) in [6, 6.07) is 0. The van der Waals surface area contributed by atoms with Gasteiger partial charge in [0.2, 0.25) is 5.82 Å². The molecule has 6 heteroatoms. The van der Waals surface area contributed by atoms with Crippen molar-refractivity contribution in [1.82, 2.24) is 9.97 Å². The van der Waals surface area contributed by atoms with Gasteiger partial charge in [-0.2, -0.15) is 13.2 Å². The normalized spacial score (nSPS) is 11.7. The summed E-state index contributed by atoms with van der Waals surface area (Å²) in [5.74, 6) is -1.14. The molecule has 0 spiro atoms. The molecule has 0 aliphatic rings. The smallest absolute Gasteiger partial charge is 0.326 e. The van der Waals surface area contributed by atoms with E-state index in [1.165, 1.54) is 0 Å². The van der Waals surface area contributed by atoms with Crippen LogP contribution in [-0.4, -0.2) is 9.97 Å². The first-order valence-corrected chi connectivity index (χ1v) is 3.12. The Morgan fingerprint density at radius 3 is 2.08 bits per heavy atom. The first-order valence-electron chi connectivity index (χ1n) is 3.12. The van der Waals surface area contributed by atoms with Crippen molar-refractivity contribution in [3.8, 4) is 0 Å². The van der Waals surface area contributed by atoms with Gasteiger partial charge in [-0.15, -0.1) is 0 Å². The van der Waals surface area contributed by atoms with Crippen LogP contribution in [0.4, 0.5) is 13.2 Å². The largest absolute Gasteiger partial charge is 0.451 e. The predicted octanol–water partition coefficient (Wildman–Crippen LogP) is 0.954. The first-order chi connectivity index (χ1) is 5.54. The average molecular weight is 177 g/mol. The number of alkyl halides is 3. The van der Waals surface area contributed by atoms with Crippen molar-refractivity contribution in [1.29, 1.82) is 0 Å². The molecule has 1 heterocycles. The lowest BCUT2D eigenvalue weighted by Gasteiger charge is -2.03. The number of rotatable bonds is 1. The van der Waals surface area contributed by atoms with Gasteiger partial charge in [-0.3, -0.25) is 0 Å². The van der Waals surface area contributed by atoms with E-state index in [1.54, 1.807) is 0 Å². The van der Waals surface area contributed by atoms with Gasteiger partial charge in [-0.1, -0.05) is 0 Å². The molecule has 1 rings (SSSR count). The zero-order valence-electron chi connectivity index (χ0n) is 5.97. The summed E-state index contributed by atoms with van der Waals surface area (Å²) < 4.78 is 35.6. The minimum atomic E-state index is -4.48. The van der Waals surface area contributed by atoms with Crippen LogP contribution in [0.1, 0.15) is 11.4 Å². The SMILES string of the molecule is NCc1cnc(C(F)(F)F)nc1. The molecule has 3 nitrogen and oxygen atoms in total. The molecule has 0 radical (unpaired) electrons. The van der Waals surface area contributed by atoms with Crippen molar-refractivity contribution in [2.45, 2.75) is 12.7 Å². The highest BCUT2D eigenvalue weighted by molar-refractivity contribution is 5.05. The van der Waals surface area contributed by atoms with E-state index in [4.69, 9.17) is 5.73 Å². The third kappa shape index (κ3) is 1.91. The van der Waals surface area contributed by atoms with Crippen LogP contribution in [0, 0.1) is 0 Å². The molecule has 1 aromatic rings. The van der Waals surface area contributed by atoms with Crippen LogP contribution < -0.4 is 5.73 Å². The van der Waals surface area contributed by atoms with Crippen molar-refractivity contribution in [2.24, 2.45) is 5.73 Å². The van der Waals surface area contributed by atoms with E-state index >= 15 is 0 Å². The van der Waals surface area contributed by atoms with Crippen molar-refractivity contribution in [3.63, 3.8) is 0 Å². The van der Waals surface area contributed by atoms with Crippen molar-refractivity contribution in [3.05, 3.63) is 23.8 Å². The highest BCUT2D eigenvalue weighted by Crippen LogP contribution is 2.25. The summed E-state index contributed by atoms with van der Waals surface area (Å²) in [4.78, 5) is 6.21. The van der Waals surface area contributed by atoms with Gasteiger partial charge in [-0.05, 0) is 0 Å². The van der Waals surface area contributed by atoms with Crippen LogP contribution in [-0.2, 0) is 12.7 Å². The molecule has 0 atom stereocenters. The Morgan fingerprint density at radius 1 is 1.25 bits per heavy atom. The quantitative estimate of drug-likeness (QED) is 0.694. The van der Waals surface area contributed by atoms with E-state index in [0.717, 1.165) is 12.4 Å². The summed E-state index contributed by atoms with van der Waals surface area (Å²) in [5, 5.41) is 0. The van der Waals surface area contributed by atoms with Crippen molar-refractivity contribution in [2.75, 3.05) is 0 Å². The number of halogens is 3. The highest BCUT2D eigenvalue weighted by Gasteiger charge is 2.34. The number of hydrogen-bond donors (Lipinski definition) is 1. The lowest BCUT2D eigenvalue weighted by Crippen LogP contribution is -2.11. The van der Waals surface area contributed by atoms with Crippen LogP contribution in [0.25, 0.3) is 0 Å². The Balaban J connectivity index is 2.93. The standard InChI is InChI=1S/C6H6F3N3/c7-6(8,9)5-11-2-4(1-10)3-12-5/h2-3H,1,10H2. The second kappa shape index (κ2) is 3.06. The predicted molar refractivity (Wildman–Crippen MR) is 34.9 cm³/mol. The minimum Gasteiger partial charge on any atom is -0.326 e. The molecule has 0 unspecified atom stereocenters. The fourth-order valence-electron chi connectivity index (χ4n) is 0.607. The third-order valence-electron chi connectivity index (χ3n) is 1.19. The van der Waals surface area contributed by atoms with Crippen LogP contribution in [0.2, 0.25) is 0 Å². The van der Waals surface area contributed by atoms with Crippen molar-refractivity contribution < 1.29 is 13.2 Å². The molecule has 0 bridgehead atoms. The Hall–Kier alpha value is -1.17. The van der Waals surface area contributed by atoms with Gasteiger partial charge < -0.3 is 5.73 Å². The van der Waals surface area contributed by atoms with E-state index in [-0.39, 0.29) is 6.54 Å². The van der Waals surface area contributed by atoms with E-state index in [0.29, 0.717) is 5.56 Å². The molecular weight excluding hydrogens is 171 g/mol. The van der Waals surface area contributed by atoms with Crippen LogP contribution in [0.3, 0.4) is 0 Å². The second-order valence-electron chi connectivity index (χ2n) is 2.12. The Morgan fingerprint density at radius 2 is 1.75 bits per heavy atom. The maximum Gasteiger partial charge on any atom is 0.451 e. The lowest BCUT2D eigenvalue weighted by atomic mass is 10.3. The molecule has 0 saturated heterocycles. The van der Waals surface area contributed by atoms with Gasteiger partial charge in [0.25, 0.3) is 0 Å². The first kappa shape index (κ1) is 8.92. The van der Waals surface area contributed by atoms with E-state index in [9.17, 15) is 13.2 Å². The molecule has 0 aliphatic carbocycles. The number of nitrogens with zero attached hydrogens (tertiary/aromatic N) is 2. The molecule has 2 N–H and O–H groups in total. The fraction of sp³-hybridized carbons (Fsp3) is 0.333. The molecule has 1 aromatic heterocycles. The summed E-state index contributed by atoms with van der Waals surface area (Å²) in [6.07, 6.45) is -2.35. The molecule has 66 valence electrons. The summed E-state index contributed by atoms with van der Waals surface area (Å²) in [5.41, 5.74) is 5.62. The van der Waals surface area contributed by atoms with E-state index in [1.807, 2.05) is 0 Å². The third-order valence-corrected chi connectivity index (χ3v) is 1.19. The molecule has 12 heavy (non-hydrogen) atoms. The maximum absolute atomic E-state index is 11.9. The average Bonchev–Trinajstić information content (AvgIpc) is 2.03. The Labute approximate surface area is 66.4 Å². The maximum atomic E-state index is 11.9. The highest BCUT2D eigenvalue weighted by atomic mass is 19.4.